The molecule has 0 aliphatic carbocycles. The van der Waals surface area contributed by atoms with Crippen molar-refractivity contribution in [2.45, 2.75) is 29.6 Å². The van der Waals surface area contributed by atoms with Crippen molar-refractivity contribution in [3.8, 4) is 5.75 Å². The predicted molar refractivity (Wildman–Crippen MR) is 65.6 cm³/mol. The van der Waals surface area contributed by atoms with E-state index in [2.05, 4.69) is 4.74 Å². The third-order valence-corrected chi connectivity index (χ3v) is 3.88. The topological polar surface area (TPSA) is 58.9 Å². The maximum atomic E-state index is 12.2. The SMILES string of the molecule is OC1COC(CSc2ccccc2OC(F)(F)F)C1O. The lowest BCUT2D eigenvalue weighted by atomic mass is 10.2. The maximum Gasteiger partial charge on any atom is 0.573 e. The lowest BCUT2D eigenvalue weighted by Crippen LogP contribution is -2.31. The molecule has 0 spiro atoms. The van der Waals surface area contributed by atoms with Crippen molar-refractivity contribution in [2.24, 2.45) is 0 Å². The summed E-state index contributed by atoms with van der Waals surface area (Å²) >= 11 is 1.07. The summed E-state index contributed by atoms with van der Waals surface area (Å²) in [6.45, 7) is 0.0209. The van der Waals surface area contributed by atoms with Gasteiger partial charge in [0, 0.05) is 10.6 Å². The van der Waals surface area contributed by atoms with Crippen molar-refractivity contribution in [1.29, 1.82) is 0 Å². The van der Waals surface area contributed by atoms with Crippen LogP contribution in [-0.2, 0) is 4.74 Å². The Hall–Kier alpha value is -0.960. The van der Waals surface area contributed by atoms with Gasteiger partial charge in [-0.15, -0.1) is 24.9 Å². The number of alkyl halides is 3. The number of para-hydroxylation sites is 1. The zero-order valence-electron chi connectivity index (χ0n) is 10.2. The van der Waals surface area contributed by atoms with Crippen LogP contribution in [0.4, 0.5) is 13.2 Å². The molecular formula is C12H13F3O4S. The highest BCUT2D eigenvalue weighted by atomic mass is 32.2. The largest absolute Gasteiger partial charge is 0.573 e. The van der Waals surface area contributed by atoms with Gasteiger partial charge in [-0.05, 0) is 12.1 Å². The number of hydrogen-bond acceptors (Lipinski definition) is 5. The summed E-state index contributed by atoms with van der Waals surface area (Å²) in [5.74, 6) is -0.0748. The minimum Gasteiger partial charge on any atom is -0.405 e. The monoisotopic (exact) mass is 310 g/mol. The van der Waals surface area contributed by atoms with Gasteiger partial charge in [0.2, 0.25) is 0 Å². The molecule has 0 radical (unpaired) electrons. The summed E-state index contributed by atoms with van der Waals surface area (Å²) in [5, 5.41) is 18.9. The van der Waals surface area contributed by atoms with Gasteiger partial charge in [-0.25, -0.2) is 0 Å². The van der Waals surface area contributed by atoms with Crippen molar-refractivity contribution in [1.82, 2.24) is 0 Å². The number of ether oxygens (including phenoxy) is 2. The Bertz CT molecular complexity index is 455. The van der Waals surface area contributed by atoms with Gasteiger partial charge in [0.1, 0.15) is 18.0 Å². The van der Waals surface area contributed by atoms with Gasteiger partial charge in [0.25, 0.3) is 0 Å². The van der Waals surface area contributed by atoms with E-state index in [9.17, 15) is 23.4 Å². The maximum absolute atomic E-state index is 12.2. The Morgan fingerprint density at radius 2 is 2.00 bits per heavy atom. The summed E-state index contributed by atoms with van der Waals surface area (Å²) in [4.78, 5) is 0.294. The second-order valence-corrected chi connectivity index (χ2v) is 5.30. The fraction of sp³-hybridized carbons (Fsp3) is 0.500. The van der Waals surface area contributed by atoms with E-state index in [1.54, 1.807) is 6.07 Å². The van der Waals surface area contributed by atoms with E-state index in [0.29, 0.717) is 4.90 Å². The first-order valence-corrected chi connectivity index (χ1v) is 6.80. The van der Waals surface area contributed by atoms with Crippen LogP contribution in [0.5, 0.6) is 5.75 Å². The highest BCUT2D eigenvalue weighted by Gasteiger charge is 2.35. The lowest BCUT2D eigenvalue weighted by Gasteiger charge is -2.16. The fourth-order valence-electron chi connectivity index (χ4n) is 1.76. The minimum absolute atomic E-state index is 0.0209. The van der Waals surface area contributed by atoms with Crippen LogP contribution < -0.4 is 4.74 Å². The molecule has 20 heavy (non-hydrogen) atoms. The van der Waals surface area contributed by atoms with E-state index in [0.717, 1.165) is 11.8 Å². The van der Waals surface area contributed by atoms with E-state index in [1.165, 1.54) is 18.2 Å². The van der Waals surface area contributed by atoms with Crippen LogP contribution in [0.25, 0.3) is 0 Å². The van der Waals surface area contributed by atoms with Crippen LogP contribution in [0.15, 0.2) is 29.2 Å². The van der Waals surface area contributed by atoms with Gasteiger partial charge in [-0.1, -0.05) is 12.1 Å². The molecule has 0 bridgehead atoms. The third-order valence-electron chi connectivity index (χ3n) is 2.73. The molecular weight excluding hydrogens is 297 g/mol. The van der Waals surface area contributed by atoms with Crippen LogP contribution in [0.1, 0.15) is 0 Å². The molecule has 0 saturated carbocycles. The first kappa shape index (κ1) is 15.4. The van der Waals surface area contributed by atoms with Crippen LogP contribution in [0.3, 0.4) is 0 Å². The Labute approximate surface area is 117 Å². The molecule has 4 nitrogen and oxygen atoms in total. The molecule has 112 valence electrons. The first-order valence-electron chi connectivity index (χ1n) is 5.82. The fourth-order valence-corrected chi connectivity index (χ4v) is 2.83. The van der Waals surface area contributed by atoms with E-state index in [1.807, 2.05) is 0 Å². The van der Waals surface area contributed by atoms with Gasteiger partial charge < -0.3 is 19.7 Å². The highest BCUT2D eigenvalue weighted by Crippen LogP contribution is 2.34. The van der Waals surface area contributed by atoms with Crippen LogP contribution in [0.2, 0.25) is 0 Å². The molecule has 1 aliphatic heterocycles. The Morgan fingerprint density at radius 1 is 1.30 bits per heavy atom. The summed E-state index contributed by atoms with van der Waals surface area (Å²) in [6.07, 6.45) is -7.36. The molecule has 0 amide bonds. The highest BCUT2D eigenvalue weighted by molar-refractivity contribution is 7.99. The minimum atomic E-state index is -4.75. The molecule has 8 heteroatoms. The number of hydrogen-bond donors (Lipinski definition) is 2. The van der Waals surface area contributed by atoms with Crippen LogP contribution >= 0.6 is 11.8 Å². The molecule has 2 N–H and O–H groups in total. The van der Waals surface area contributed by atoms with Gasteiger partial charge in [0.05, 0.1) is 12.7 Å². The molecule has 0 aromatic heterocycles. The number of aliphatic hydroxyl groups is 2. The molecule has 1 heterocycles. The molecule has 1 saturated heterocycles. The van der Waals surface area contributed by atoms with Gasteiger partial charge in [0.15, 0.2) is 0 Å². The van der Waals surface area contributed by atoms with E-state index >= 15 is 0 Å². The summed E-state index contributed by atoms with van der Waals surface area (Å²) < 4.78 is 45.8. The summed E-state index contributed by atoms with van der Waals surface area (Å²) in [7, 11) is 0. The van der Waals surface area contributed by atoms with Crippen molar-refractivity contribution in [3.63, 3.8) is 0 Å². The average Bonchev–Trinajstić information content (AvgIpc) is 2.67. The molecule has 1 aromatic carbocycles. The number of thioether (sulfide) groups is 1. The Morgan fingerprint density at radius 3 is 2.60 bits per heavy atom. The number of benzene rings is 1. The average molecular weight is 310 g/mol. The molecule has 3 atom stereocenters. The predicted octanol–water partition coefficient (Wildman–Crippen LogP) is 1.80. The number of rotatable bonds is 4. The van der Waals surface area contributed by atoms with Crippen LogP contribution in [-0.4, -0.2) is 47.2 Å². The molecule has 1 aliphatic rings. The van der Waals surface area contributed by atoms with Gasteiger partial charge in [-0.3, -0.25) is 0 Å². The Kier molecular flexibility index (Phi) is 4.79. The van der Waals surface area contributed by atoms with Crippen molar-refractivity contribution in [3.05, 3.63) is 24.3 Å². The van der Waals surface area contributed by atoms with Crippen LogP contribution in [0, 0.1) is 0 Å². The smallest absolute Gasteiger partial charge is 0.405 e. The standard InChI is InChI=1S/C12H13F3O4S/c13-12(14,15)19-8-3-1-2-4-10(8)20-6-9-11(17)7(16)5-18-9/h1-4,7,9,11,16-17H,5-6H2. The van der Waals surface area contributed by atoms with Crippen molar-refractivity contribution < 1.29 is 32.9 Å². The Balaban J connectivity index is 1.99. The third kappa shape index (κ3) is 4.02. The molecule has 3 unspecified atom stereocenters. The van der Waals surface area contributed by atoms with Crippen molar-refractivity contribution >= 4 is 11.8 Å². The summed E-state index contributed by atoms with van der Waals surface area (Å²) in [5.41, 5.74) is 0. The molecule has 1 fully saturated rings. The van der Waals surface area contributed by atoms with Gasteiger partial charge in [-0.2, -0.15) is 0 Å². The van der Waals surface area contributed by atoms with Gasteiger partial charge >= 0.3 is 6.36 Å². The molecule has 1 aromatic rings. The first-order chi connectivity index (χ1) is 9.37. The van der Waals surface area contributed by atoms with E-state index in [4.69, 9.17) is 4.74 Å². The van der Waals surface area contributed by atoms with Crippen molar-refractivity contribution in [2.75, 3.05) is 12.4 Å². The zero-order valence-corrected chi connectivity index (χ0v) is 11.0. The second kappa shape index (κ2) is 6.21. The zero-order chi connectivity index (χ0) is 14.8. The number of aliphatic hydroxyl groups excluding tert-OH is 2. The van der Waals surface area contributed by atoms with E-state index in [-0.39, 0.29) is 18.1 Å². The molecule has 2 rings (SSSR count). The second-order valence-electron chi connectivity index (χ2n) is 4.24. The number of halogens is 3. The van der Waals surface area contributed by atoms with E-state index < -0.39 is 24.7 Å². The quantitative estimate of drug-likeness (QED) is 0.831. The summed E-state index contributed by atoms with van der Waals surface area (Å²) in [6, 6.07) is 5.74. The normalized spacial score (nSPS) is 26.8. The lowest BCUT2D eigenvalue weighted by molar-refractivity contribution is -0.275.